The van der Waals surface area contributed by atoms with Crippen LogP contribution >= 0.6 is 12.2 Å². The lowest BCUT2D eigenvalue weighted by Crippen LogP contribution is -2.37. The molecule has 2 heterocycles. The normalized spacial score (nSPS) is 17.6. The summed E-state index contributed by atoms with van der Waals surface area (Å²) >= 11 is 5.88. The fourth-order valence-corrected chi connectivity index (χ4v) is 4.61. The van der Waals surface area contributed by atoms with Gasteiger partial charge in [-0.05, 0) is 55.6 Å². The molecule has 1 aromatic carbocycles. The smallest absolute Gasteiger partial charge is 0.199 e. The van der Waals surface area contributed by atoms with Crippen molar-refractivity contribution in [3.05, 3.63) is 59.1 Å². The minimum Gasteiger partial charge on any atom is -0.461 e. The number of rotatable bonds is 7. The molecule has 28 heavy (non-hydrogen) atoms. The van der Waals surface area contributed by atoms with Crippen LogP contribution in [0.15, 0.2) is 53.1 Å². The zero-order valence-corrected chi connectivity index (χ0v) is 16.9. The van der Waals surface area contributed by atoms with E-state index >= 15 is 0 Å². The van der Waals surface area contributed by atoms with Gasteiger partial charge in [0.05, 0.1) is 19.5 Å². The Morgan fingerprint density at radius 3 is 2.43 bits per heavy atom. The summed E-state index contributed by atoms with van der Waals surface area (Å²) in [6.45, 7) is 1.48. The molecule has 0 aliphatic heterocycles. The van der Waals surface area contributed by atoms with Crippen LogP contribution in [0.2, 0.25) is 0 Å². The molecule has 0 N–H and O–H groups in total. The fraction of sp³-hybridized carbons (Fsp3) is 0.455. The van der Waals surface area contributed by atoms with Crippen molar-refractivity contribution in [3.8, 4) is 11.6 Å². The van der Waals surface area contributed by atoms with E-state index in [1.807, 2.05) is 22.9 Å². The van der Waals surface area contributed by atoms with Crippen LogP contribution in [0.3, 0.4) is 0 Å². The van der Waals surface area contributed by atoms with Crippen molar-refractivity contribution in [1.29, 1.82) is 0 Å². The maximum absolute atomic E-state index is 5.88. The van der Waals surface area contributed by atoms with E-state index < -0.39 is 0 Å². The van der Waals surface area contributed by atoms with Gasteiger partial charge in [-0.3, -0.25) is 9.47 Å². The summed E-state index contributed by atoms with van der Waals surface area (Å²) in [5.74, 6) is 1.57. The van der Waals surface area contributed by atoms with Crippen molar-refractivity contribution in [1.82, 2.24) is 19.2 Å². The summed E-state index contributed by atoms with van der Waals surface area (Å²) in [7, 11) is 0. The van der Waals surface area contributed by atoms with E-state index in [2.05, 4.69) is 33.7 Å². The molecule has 0 radical (unpaired) electrons. The highest BCUT2D eigenvalue weighted by molar-refractivity contribution is 7.71. The minimum absolute atomic E-state index is 0.681. The van der Waals surface area contributed by atoms with E-state index in [1.54, 1.807) is 6.26 Å². The third-order valence-electron chi connectivity index (χ3n) is 5.95. The van der Waals surface area contributed by atoms with Gasteiger partial charge >= 0.3 is 0 Å². The van der Waals surface area contributed by atoms with E-state index in [-0.39, 0.29) is 0 Å². The van der Waals surface area contributed by atoms with Gasteiger partial charge in [0.1, 0.15) is 0 Å². The van der Waals surface area contributed by atoms with Gasteiger partial charge in [0, 0.05) is 12.1 Å². The summed E-state index contributed by atoms with van der Waals surface area (Å²) in [4.78, 5) is 2.65. The van der Waals surface area contributed by atoms with Gasteiger partial charge in [-0.25, -0.2) is 4.68 Å². The SMILES string of the molecule is S=c1n(CN(C2CCCC2)C2CC2)nc(-c2ccco2)n1Cc1ccccc1. The van der Waals surface area contributed by atoms with E-state index in [1.165, 1.54) is 44.1 Å². The van der Waals surface area contributed by atoms with Gasteiger partial charge in [-0.1, -0.05) is 43.2 Å². The van der Waals surface area contributed by atoms with Crippen LogP contribution in [0.25, 0.3) is 11.6 Å². The molecule has 2 fully saturated rings. The van der Waals surface area contributed by atoms with Crippen LogP contribution in [0.5, 0.6) is 0 Å². The molecule has 0 bridgehead atoms. The van der Waals surface area contributed by atoms with Crippen LogP contribution in [0, 0.1) is 4.77 Å². The molecule has 3 aromatic rings. The monoisotopic (exact) mass is 394 g/mol. The van der Waals surface area contributed by atoms with Crippen LogP contribution in [0.1, 0.15) is 44.1 Å². The van der Waals surface area contributed by atoms with E-state index in [9.17, 15) is 0 Å². The third kappa shape index (κ3) is 3.59. The molecule has 6 heteroatoms. The summed E-state index contributed by atoms with van der Waals surface area (Å²) in [5.41, 5.74) is 1.21. The van der Waals surface area contributed by atoms with Crippen molar-refractivity contribution >= 4 is 12.2 Å². The molecule has 0 spiro atoms. The lowest BCUT2D eigenvalue weighted by molar-refractivity contribution is 0.134. The number of furan rings is 1. The number of hydrogen-bond acceptors (Lipinski definition) is 4. The van der Waals surface area contributed by atoms with Gasteiger partial charge in [-0.2, -0.15) is 0 Å². The molecular formula is C22H26N4OS. The molecule has 0 amide bonds. The highest BCUT2D eigenvalue weighted by Crippen LogP contribution is 2.35. The summed E-state index contributed by atoms with van der Waals surface area (Å²) in [6.07, 6.45) is 9.61. The maximum Gasteiger partial charge on any atom is 0.199 e. The van der Waals surface area contributed by atoms with Crippen LogP contribution in [-0.4, -0.2) is 31.3 Å². The Balaban J connectivity index is 1.49. The molecular weight excluding hydrogens is 368 g/mol. The fourth-order valence-electron chi connectivity index (χ4n) is 4.36. The average Bonchev–Trinajstić information content (AvgIpc) is 3.11. The average molecular weight is 395 g/mol. The lowest BCUT2D eigenvalue weighted by Gasteiger charge is -2.28. The molecule has 2 aromatic heterocycles. The first-order valence-electron chi connectivity index (χ1n) is 10.3. The Morgan fingerprint density at radius 1 is 1.00 bits per heavy atom. The number of aromatic nitrogens is 3. The number of nitrogens with zero attached hydrogens (tertiary/aromatic N) is 4. The Labute approximate surface area is 170 Å². The molecule has 2 aliphatic carbocycles. The van der Waals surface area contributed by atoms with Gasteiger partial charge < -0.3 is 4.42 Å². The summed E-state index contributed by atoms with van der Waals surface area (Å²) in [6, 6.07) is 15.7. The first-order chi connectivity index (χ1) is 13.8. The molecule has 2 saturated carbocycles. The lowest BCUT2D eigenvalue weighted by atomic mass is 10.2. The van der Waals surface area contributed by atoms with Crippen LogP contribution in [0.4, 0.5) is 0 Å². The predicted molar refractivity (Wildman–Crippen MR) is 111 cm³/mol. The van der Waals surface area contributed by atoms with E-state index in [4.69, 9.17) is 21.7 Å². The number of hydrogen-bond donors (Lipinski definition) is 0. The van der Waals surface area contributed by atoms with Crippen molar-refractivity contribution in [2.24, 2.45) is 0 Å². The zero-order chi connectivity index (χ0) is 18.9. The molecule has 0 unspecified atom stereocenters. The largest absolute Gasteiger partial charge is 0.461 e. The standard InChI is InChI=1S/C22H26N4OS/c28-22-24(15-17-7-2-1-3-8-17)21(20-11-6-14-27-20)23-26(22)16-25(19-12-13-19)18-9-4-5-10-18/h1-3,6-8,11,14,18-19H,4-5,9-10,12-13,15-16H2. The van der Waals surface area contributed by atoms with Gasteiger partial charge in [0.15, 0.2) is 16.4 Å². The Morgan fingerprint density at radius 2 is 1.75 bits per heavy atom. The minimum atomic E-state index is 0.681. The van der Waals surface area contributed by atoms with Crippen molar-refractivity contribution < 1.29 is 4.42 Å². The van der Waals surface area contributed by atoms with Crippen molar-refractivity contribution in [2.45, 2.75) is 63.8 Å². The van der Waals surface area contributed by atoms with Crippen LogP contribution < -0.4 is 0 Å². The summed E-state index contributed by atoms with van der Waals surface area (Å²) in [5, 5.41) is 4.91. The molecule has 0 atom stereocenters. The van der Waals surface area contributed by atoms with Crippen molar-refractivity contribution in [3.63, 3.8) is 0 Å². The van der Waals surface area contributed by atoms with E-state index in [0.29, 0.717) is 18.6 Å². The molecule has 146 valence electrons. The summed E-state index contributed by atoms with van der Waals surface area (Å²) < 4.78 is 10.5. The second-order valence-electron chi connectivity index (χ2n) is 7.98. The first kappa shape index (κ1) is 17.9. The molecule has 5 rings (SSSR count). The van der Waals surface area contributed by atoms with Crippen molar-refractivity contribution in [2.75, 3.05) is 0 Å². The zero-order valence-electron chi connectivity index (χ0n) is 16.0. The Kier molecular flexibility index (Phi) is 4.91. The molecule has 0 saturated heterocycles. The molecule has 5 nitrogen and oxygen atoms in total. The predicted octanol–water partition coefficient (Wildman–Crippen LogP) is 5.09. The topological polar surface area (TPSA) is 39.1 Å². The van der Waals surface area contributed by atoms with Crippen LogP contribution in [-0.2, 0) is 13.2 Å². The highest BCUT2D eigenvalue weighted by Gasteiger charge is 2.35. The molecule has 2 aliphatic rings. The quantitative estimate of drug-likeness (QED) is 0.524. The third-order valence-corrected chi connectivity index (χ3v) is 6.39. The van der Waals surface area contributed by atoms with Gasteiger partial charge in [0.25, 0.3) is 0 Å². The van der Waals surface area contributed by atoms with Gasteiger partial charge in [-0.15, -0.1) is 5.10 Å². The first-order valence-corrected chi connectivity index (χ1v) is 10.7. The second-order valence-corrected chi connectivity index (χ2v) is 8.35. The highest BCUT2D eigenvalue weighted by atomic mass is 32.1. The van der Waals surface area contributed by atoms with E-state index in [0.717, 1.165) is 23.0 Å². The van der Waals surface area contributed by atoms with Gasteiger partial charge in [0.2, 0.25) is 0 Å². The second kappa shape index (κ2) is 7.68. The Bertz CT molecular complexity index is 966. The Hall–Kier alpha value is -2.18. The maximum atomic E-state index is 5.88. The number of benzene rings is 1.